The third kappa shape index (κ3) is 2.11. The van der Waals surface area contributed by atoms with E-state index in [0.29, 0.717) is 17.3 Å². The van der Waals surface area contributed by atoms with Crippen molar-refractivity contribution in [2.24, 2.45) is 0 Å². The lowest BCUT2D eigenvalue weighted by atomic mass is 10.0. The predicted octanol–water partition coefficient (Wildman–Crippen LogP) is 2.87. The van der Waals surface area contributed by atoms with Crippen LogP contribution in [0.5, 0.6) is 0 Å². The Morgan fingerprint density at radius 1 is 1.44 bits per heavy atom. The summed E-state index contributed by atoms with van der Waals surface area (Å²) in [5.74, 6) is 0.224. The molecule has 0 aliphatic rings. The van der Waals surface area contributed by atoms with Gasteiger partial charge in [0.15, 0.2) is 5.82 Å². The summed E-state index contributed by atoms with van der Waals surface area (Å²) in [5.41, 5.74) is 1.47. The lowest BCUT2D eigenvalue weighted by molar-refractivity contribution is 0.0694. The fraction of sp³-hybridized carbons (Fsp3) is 0.308. The van der Waals surface area contributed by atoms with Crippen LogP contribution in [0.25, 0.3) is 11.4 Å². The normalized spacial score (nSPS) is 10.9. The van der Waals surface area contributed by atoms with Gasteiger partial charge in [0, 0.05) is 6.20 Å². The summed E-state index contributed by atoms with van der Waals surface area (Å²) in [6.07, 6.45) is 2.92. The Hall–Kier alpha value is -2.17. The molecule has 2 aromatic rings. The zero-order chi connectivity index (χ0) is 13.3. The van der Waals surface area contributed by atoms with Gasteiger partial charge in [-0.2, -0.15) is 0 Å². The van der Waals surface area contributed by atoms with Crippen molar-refractivity contribution >= 4 is 5.97 Å². The molecule has 0 spiro atoms. The van der Waals surface area contributed by atoms with Crippen LogP contribution >= 0.6 is 0 Å². The number of aromatic nitrogens is 2. The number of rotatable bonds is 3. The van der Waals surface area contributed by atoms with Crippen molar-refractivity contribution in [3.05, 3.63) is 35.5 Å². The number of carbonyl (C=O) groups is 1. The molecule has 0 atom stereocenters. The number of nitrogens with zero attached hydrogens (tertiary/aromatic N) is 2. The largest absolute Gasteiger partial charge is 0.478 e. The lowest BCUT2D eigenvalue weighted by Crippen LogP contribution is -2.08. The summed E-state index contributed by atoms with van der Waals surface area (Å²) in [6.45, 7) is 5.63. The molecule has 2 heterocycles. The van der Waals surface area contributed by atoms with E-state index in [9.17, 15) is 4.79 Å². The maximum absolute atomic E-state index is 11.1. The number of aromatic carboxylic acids is 1. The van der Waals surface area contributed by atoms with Gasteiger partial charge in [-0.25, -0.2) is 14.8 Å². The number of aryl methyl sites for hydroxylation is 1. The van der Waals surface area contributed by atoms with Gasteiger partial charge in [0.25, 0.3) is 0 Å². The van der Waals surface area contributed by atoms with E-state index >= 15 is 0 Å². The molecular formula is C13H14N2O3. The zero-order valence-corrected chi connectivity index (χ0v) is 10.5. The van der Waals surface area contributed by atoms with E-state index in [1.807, 2.05) is 20.8 Å². The minimum Gasteiger partial charge on any atom is -0.478 e. The average Bonchev–Trinajstić information content (AvgIpc) is 2.74. The molecule has 0 amide bonds. The molecule has 18 heavy (non-hydrogen) atoms. The topological polar surface area (TPSA) is 76.2 Å². The molecule has 2 rings (SSSR count). The summed E-state index contributed by atoms with van der Waals surface area (Å²) >= 11 is 0. The first-order valence-corrected chi connectivity index (χ1v) is 5.65. The molecule has 0 radical (unpaired) electrons. The number of carboxylic acid groups (broad SMARTS) is 1. The number of hydrogen-bond acceptors (Lipinski definition) is 4. The second-order valence-electron chi connectivity index (χ2n) is 4.34. The first-order chi connectivity index (χ1) is 8.50. The van der Waals surface area contributed by atoms with Crippen molar-refractivity contribution in [3.8, 4) is 11.4 Å². The molecule has 0 bridgehead atoms. The highest BCUT2D eigenvalue weighted by atomic mass is 16.4. The molecule has 0 aromatic carbocycles. The Balaban J connectivity index is 2.57. The lowest BCUT2D eigenvalue weighted by Gasteiger charge is -2.09. The van der Waals surface area contributed by atoms with Crippen LogP contribution in [0.3, 0.4) is 0 Å². The first-order valence-electron chi connectivity index (χ1n) is 5.65. The molecule has 0 aliphatic carbocycles. The van der Waals surface area contributed by atoms with Gasteiger partial charge in [-0.1, -0.05) is 13.8 Å². The summed E-state index contributed by atoms with van der Waals surface area (Å²) in [5, 5.41) is 9.09. The quantitative estimate of drug-likeness (QED) is 0.901. The summed E-state index contributed by atoms with van der Waals surface area (Å²) in [4.78, 5) is 19.5. The fourth-order valence-corrected chi connectivity index (χ4v) is 1.75. The van der Waals surface area contributed by atoms with Crippen LogP contribution in [0, 0.1) is 6.92 Å². The van der Waals surface area contributed by atoms with Crippen LogP contribution in [-0.2, 0) is 0 Å². The van der Waals surface area contributed by atoms with Gasteiger partial charge in [0.05, 0.1) is 23.1 Å². The maximum atomic E-state index is 11.1. The van der Waals surface area contributed by atoms with Crippen molar-refractivity contribution in [1.29, 1.82) is 0 Å². The Kier molecular flexibility index (Phi) is 3.14. The fourth-order valence-electron chi connectivity index (χ4n) is 1.75. The Bertz CT molecular complexity index is 588. The first kappa shape index (κ1) is 12.3. The minimum absolute atomic E-state index is 0.0186. The number of hydrogen-bond donors (Lipinski definition) is 1. The summed E-state index contributed by atoms with van der Waals surface area (Å²) < 4.78 is 5.20. The van der Waals surface area contributed by atoms with E-state index in [2.05, 4.69) is 9.97 Å². The van der Waals surface area contributed by atoms with Gasteiger partial charge >= 0.3 is 5.97 Å². The number of furan rings is 1. The highest BCUT2D eigenvalue weighted by molar-refractivity contribution is 5.88. The smallest absolute Gasteiger partial charge is 0.339 e. The van der Waals surface area contributed by atoms with Crippen LogP contribution in [0.1, 0.15) is 41.6 Å². The van der Waals surface area contributed by atoms with Crippen molar-refractivity contribution in [3.63, 3.8) is 0 Å². The molecule has 94 valence electrons. The van der Waals surface area contributed by atoms with Gasteiger partial charge in [0.1, 0.15) is 5.76 Å². The monoisotopic (exact) mass is 246 g/mol. The Labute approximate surface area is 105 Å². The van der Waals surface area contributed by atoms with E-state index in [1.54, 1.807) is 12.3 Å². The van der Waals surface area contributed by atoms with E-state index < -0.39 is 5.97 Å². The Morgan fingerprint density at radius 2 is 2.17 bits per heavy atom. The van der Waals surface area contributed by atoms with E-state index in [4.69, 9.17) is 9.52 Å². The van der Waals surface area contributed by atoms with Gasteiger partial charge in [-0.15, -0.1) is 0 Å². The van der Waals surface area contributed by atoms with Gasteiger partial charge in [-0.05, 0) is 18.9 Å². The zero-order valence-electron chi connectivity index (χ0n) is 10.5. The second kappa shape index (κ2) is 4.60. The standard InChI is InChI=1S/C13H14N2O3/c1-7(2)11-10(13(16)17)6-14-12(15-11)9-4-5-18-8(9)3/h4-7H,1-3H3,(H,16,17). The highest BCUT2D eigenvalue weighted by Gasteiger charge is 2.18. The van der Waals surface area contributed by atoms with Gasteiger partial charge < -0.3 is 9.52 Å². The molecule has 0 saturated carbocycles. The van der Waals surface area contributed by atoms with Crippen molar-refractivity contribution < 1.29 is 14.3 Å². The van der Waals surface area contributed by atoms with Gasteiger partial charge in [-0.3, -0.25) is 0 Å². The summed E-state index contributed by atoms with van der Waals surface area (Å²) in [7, 11) is 0. The van der Waals surface area contributed by atoms with E-state index in [1.165, 1.54) is 6.20 Å². The van der Waals surface area contributed by atoms with Crippen LogP contribution in [0.4, 0.5) is 0 Å². The van der Waals surface area contributed by atoms with Crippen molar-refractivity contribution in [1.82, 2.24) is 9.97 Å². The third-order valence-corrected chi connectivity index (χ3v) is 2.70. The highest BCUT2D eigenvalue weighted by Crippen LogP contribution is 2.24. The molecule has 5 nitrogen and oxygen atoms in total. The van der Waals surface area contributed by atoms with Crippen molar-refractivity contribution in [2.75, 3.05) is 0 Å². The molecule has 5 heteroatoms. The SMILES string of the molecule is Cc1occc1-c1ncc(C(=O)O)c(C(C)C)n1. The molecule has 0 aliphatic heterocycles. The Morgan fingerprint density at radius 3 is 2.67 bits per heavy atom. The molecule has 1 N–H and O–H groups in total. The average molecular weight is 246 g/mol. The van der Waals surface area contributed by atoms with Crippen LogP contribution in [-0.4, -0.2) is 21.0 Å². The molecule has 0 saturated heterocycles. The van der Waals surface area contributed by atoms with Gasteiger partial charge in [0.2, 0.25) is 0 Å². The molecule has 2 aromatic heterocycles. The molecular weight excluding hydrogens is 232 g/mol. The summed E-state index contributed by atoms with van der Waals surface area (Å²) in [6, 6.07) is 1.77. The van der Waals surface area contributed by atoms with Crippen molar-refractivity contribution in [2.45, 2.75) is 26.7 Å². The third-order valence-electron chi connectivity index (χ3n) is 2.70. The van der Waals surface area contributed by atoms with E-state index in [0.717, 1.165) is 5.56 Å². The maximum Gasteiger partial charge on any atom is 0.339 e. The minimum atomic E-state index is -1.01. The van der Waals surface area contributed by atoms with E-state index in [-0.39, 0.29) is 11.5 Å². The second-order valence-corrected chi connectivity index (χ2v) is 4.34. The number of carboxylic acids is 1. The van der Waals surface area contributed by atoms with Crippen LogP contribution in [0.2, 0.25) is 0 Å². The van der Waals surface area contributed by atoms with Crippen LogP contribution in [0.15, 0.2) is 22.9 Å². The molecule has 0 unspecified atom stereocenters. The molecule has 0 fully saturated rings. The predicted molar refractivity (Wildman–Crippen MR) is 65.5 cm³/mol. The van der Waals surface area contributed by atoms with Crippen LogP contribution < -0.4 is 0 Å².